The molecule has 4 rings (SSSR count). The number of hydrogen-bond acceptors (Lipinski definition) is 10. The lowest BCUT2D eigenvalue weighted by atomic mass is 9.54. The van der Waals surface area contributed by atoms with Gasteiger partial charge in [0.2, 0.25) is 0 Å². The van der Waals surface area contributed by atoms with E-state index >= 15 is 0 Å². The number of terminal acetylenes is 4. The van der Waals surface area contributed by atoms with Gasteiger partial charge in [-0.25, -0.2) is 9.36 Å². The molecule has 8 unspecified atom stereocenters. The van der Waals surface area contributed by atoms with Gasteiger partial charge in [0.25, 0.3) is 0 Å². The topological polar surface area (TPSA) is 121 Å². The van der Waals surface area contributed by atoms with Gasteiger partial charge in [-0.15, -0.1) is 35.9 Å². The van der Waals surface area contributed by atoms with E-state index in [1.807, 2.05) is 32.8 Å². The number of unbranched alkanes of at least 4 members (excludes halogenated alkanes) is 4. The van der Waals surface area contributed by atoms with Crippen molar-refractivity contribution in [1.29, 1.82) is 0 Å². The van der Waals surface area contributed by atoms with Gasteiger partial charge in [-0.2, -0.15) is 0 Å². The van der Waals surface area contributed by atoms with Crippen molar-refractivity contribution >= 4 is 11.9 Å². The molecular formula is C65H92N8O4. The lowest BCUT2D eigenvalue weighted by Gasteiger charge is -2.52. The Bertz CT molecular complexity index is 2530. The summed E-state index contributed by atoms with van der Waals surface area (Å²) in [6.07, 6.45) is 39.2. The fraction of sp³-hybridized carbons (Fsp3) is 0.600. The molecule has 0 bridgehead atoms. The van der Waals surface area contributed by atoms with E-state index in [1.165, 1.54) is 14.2 Å². The third-order valence-electron chi connectivity index (χ3n) is 16.7. The molecule has 0 spiro atoms. The Morgan fingerprint density at radius 1 is 0.532 bits per heavy atom. The maximum Gasteiger partial charge on any atom is 0.309 e. The SMILES string of the molecule is C#CCN(CC#C)Cc1cn(C(C)(CCCC)C(c2ccccc2)C(C)(CCC)C(CCCC(C(=O)OC)C(C)(CCCC)C(c2ccccc2)C(C)(CCCCC)n2cc(CN(CC#C)CC#C)nn2)C(=O)OC)nn1. The number of hydrogen-bond donors (Lipinski definition) is 0. The second-order valence-corrected chi connectivity index (χ2v) is 22.3. The molecule has 2 heterocycles. The summed E-state index contributed by atoms with van der Waals surface area (Å²) in [4.78, 5) is 33.9. The number of rotatable bonds is 36. The molecule has 0 saturated carbocycles. The quantitative estimate of drug-likeness (QED) is 0.0247. The average molecular weight is 1050 g/mol. The van der Waals surface area contributed by atoms with E-state index in [1.54, 1.807) is 0 Å². The second-order valence-electron chi connectivity index (χ2n) is 22.3. The van der Waals surface area contributed by atoms with Crippen LogP contribution in [0, 0.1) is 72.0 Å². The fourth-order valence-electron chi connectivity index (χ4n) is 13.2. The third-order valence-corrected chi connectivity index (χ3v) is 16.7. The summed E-state index contributed by atoms with van der Waals surface area (Å²) in [6.45, 7) is 20.4. The molecule has 77 heavy (non-hydrogen) atoms. The minimum Gasteiger partial charge on any atom is -0.469 e. The van der Waals surface area contributed by atoms with Crippen molar-refractivity contribution in [3.8, 4) is 49.4 Å². The summed E-state index contributed by atoms with van der Waals surface area (Å²) in [7, 11) is 3.00. The van der Waals surface area contributed by atoms with Crippen LogP contribution in [0.15, 0.2) is 73.1 Å². The second kappa shape index (κ2) is 31.3. The van der Waals surface area contributed by atoms with Crippen LogP contribution in [-0.4, -0.2) is 92.1 Å². The lowest BCUT2D eigenvalue weighted by molar-refractivity contribution is -0.154. The smallest absolute Gasteiger partial charge is 0.309 e. The zero-order valence-corrected chi connectivity index (χ0v) is 48.6. The molecule has 0 saturated heterocycles. The molecule has 12 nitrogen and oxygen atoms in total. The molecular weight excluding hydrogens is 957 g/mol. The number of carbonyl (C=O) groups is 2. The standard InChI is InChI=1S/C65H92N8O4/c1-15-23-32-43-65(12,73-51-55(67-69-73)49-71(46-21-7)47-22-8)59(53-36-30-27-31-37-53)63(10,41-24-16-2)57(61(75)77-14)39-33-38-56(60(74)76-13)62(9,40-18-4)58(52-34-28-26-29-35-52)64(11,42-25-17-3)72-50-54(66-68-72)48-70(44-19-5)45-20-6/h5-8,26-31,34-37,50-51,56-59H,15-18,23-25,32-33,38-49H2,1-4,9-14H3. The Morgan fingerprint density at radius 3 is 1.27 bits per heavy atom. The van der Waals surface area contributed by atoms with Crippen molar-refractivity contribution in [3.63, 3.8) is 0 Å². The van der Waals surface area contributed by atoms with Crippen molar-refractivity contribution in [2.24, 2.45) is 22.7 Å². The predicted molar refractivity (Wildman–Crippen MR) is 311 cm³/mol. The van der Waals surface area contributed by atoms with Crippen LogP contribution >= 0.6 is 0 Å². The third kappa shape index (κ3) is 16.0. The highest BCUT2D eigenvalue weighted by molar-refractivity contribution is 5.74. The van der Waals surface area contributed by atoms with E-state index in [2.05, 4.69) is 138 Å². The summed E-state index contributed by atoms with van der Waals surface area (Å²) in [5.74, 6) is 8.81. The first kappa shape index (κ1) is 63.4. The van der Waals surface area contributed by atoms with Crippen molar-refractivity contribution in [2.75, 3.05) is 40.4 Å². The predicted octanol–water partition coefficient (Wildman–Crippen LogP) is 12.2. The highest BCUT2D eigenvalue weighted by Crippen LogP contribution is 2.59. The van der Waals surface area contributed by atoms with E-state index in [9.17, 15) is 9.59 Å². The maximum absolute atomic E-state index is 15.0. The van der Waals surface area contributed by atoms with Gasteiger partial charge in [0, 0.05) is 24.9 Å². The summed E-state index contributed by atoms with van der Waals surface area (Å²) in [5.41, 5.74) is 1.11. The van der Waals surface area contributed by atoms with E-state index in [0.717, 1.165) is 99.6 Å². The Kier molecular flexibility index (Phi) is 25.7. The van der Waals surface area contributed by atoms with Crippen molar-refractivity contribution in [3.05, 3.63) is 95.6 Å². The van der Waals surface area contributed by atoms with E-state index in [-0.39, 0.29) is 23.8 Å². The molecule has 416 valence electrons. The van der Waals surface area contributed by atoms with Crippen LogP contribution in [0.5, 0.6) is 0 Å². The van der Waals surface area contributed by atoms with Crippen LogP contribution in [0.25, 0.3) is 0 Å². The summed E-state index contributed by atoms with van der Waals surface area (Å²) in [6, 6.07) is 21.2. The Balaban J connectivity index is 1.94. The van der Waals surface area contributed by atoms with Gasteiger partial charge in [-0.05, 0) is 74.3 Å². The number of nitrogens with zero attached hydrogens (tertiary/aromatic N) is 8. The molecule has 0 aliphatic carbocycles. The van der Waals surface area contributed by atoms with Crippen LogP contribution < -0.4 is 0 Å². The first-order valence-corrected chi connectivity index (χ1v) is 28.4. The minimum absolute atomic E-state index is 0.230. The molecule has 0 radical (unpaired) electrons. The monoisotopic (exact) mass is 1050 g/mol. The highest BCUT2D eigenvalue weighted by Gasteiger charge is 2.56. The zero-order chi connectivity index (χ0) is 56.5. The average Bonchev–Trinajstić information content (AvgIpc) is 4.21. The van der Waals surface area contributed by atoms with Crippen molar-refractivity contribution < 1.29 is 19.1 Å². The first-order chi connectivity index (χ1) is 37.1. The van der Waals surface area contributed by atoms with Gasteiger partial charge >= 0.3 is 11.9 Å². The van der Waals surface area contributed by atoms with Gasteiger partial charge < -0.3 is 9.47 Å². The highest BCUT2D eigenvalue weighted by atomic mass is 16.5. The van der Waals surface area contributed by atoms with Crippen LogP contribution in [0.1, 0.15) is 186 Å². The molecule has 8 atom stereocenters. The Morgan fingerprint density at radius 2 is 0.909 bits per heavy atom. The van der Waals surface area contributed by atoms with Gasteiger partial charge in [0.15, 0.2) is 0 Å². The van der Waals surface area contributed by atoms with Gasteiger partial charge in [0.1, 0.15) is 0 Å². The number of esters is 2. The summed E-state index contributed by atoms with van der Waals surface area (Å²) >= 11 is 0. The Hall–Kier alpha value is -6.18. The van der Waals surface area contributed by atoms with E-state index < -0.39 is 33.7 Å². The normalized spacial score (nSPS) is 16.2. The fourth-order valence-corrected chi connectivity index (χ4v) is 13.2. The molecule has 2 aromatic carbocycles. The van der Waals surface area contributed by atoms with Crippen LogP contribution in [0.4, 0.5) is 0 Å². The molecule has 4 aromatic rings. The molecule has 0 aliphatic heterocycles. The van der Waals surface area contributed by atoms with Crippen molar-refractivity contribution in [1.82, 2.24) is 39.8 Å². The lowest BCUT2D eigenvalue weighted by Crippen LogP contribution is -2.51. The largest absolute Gasteiger partial charge is 0.469 e. The molecule has 0 amide bonds. The molecule has 0 N–H and O–H groups in total. The number of ether oxygens (including phenoxy) is 2. The van der Waals surface area contributed by atoms with Crippen molar-refractivity contribution in [2.45, 2.75) is 188 Å². The van der Waals surface area contributed by atoms with E-state index in [0.29, 0.717) is 58.5 Å². The summed E-state index contributed by atoms with van der Waals surface area (Å²) in [5, 5.41) is 19.3. The molecule has 2 aromatic heterocycles. The Labute approximate surface area is 464 Å². The number of methoxy groups -OCH3 is 2. The minimum atomic E-state index is -0.672. The number of benzene rings is 2. The first-order valence-electron chi connectivity index (χ1n) is 28.4. The molecule has 0 fully saturated rings. The zero-order valence-electron chi connectivity index (χ0n) is 48.6. The van der Waals surface area contributed by atoms with Gasteiger partial charge in [0.05, 0.1) is 87.1 Å². The molecule has 0 aliphatic rings. The maximum atomic E-state index is 15.0. The summed E-state index contributed by atoms with van der Waals surface area (Å²) < 4.78 is 15.9. The van der Waals surface area contributed by atoms with E-state index in [4.69, 9.17) is 55.8 Å². The molecule has 12 heteroatoms. The number of aromatic nitrogens is 6. The number of carbonyl (C=O) groups excluding carboxylic acids is 2. The van der Waals surface area contributed by atoms with Gasteiger partial charge in [-0.3, -0.25) is 19.4 Å². The van der Waals surface area contributed by atoms with Crippen LogP contribution in [0.2, 0.25) is 0 Å². The van der Waals surface area contributed by atoms with Gasteiger partial charge in [-0.1, -0.05) is 194 Å². The van der Waals surface area contributed by atoms with Crippen LogP contribution in [0.3, 0.4) is 0 Å². The van der Waals surface area contributed by atoms with Crippen LogP contribution in [-0.2, 0) is 43.2 Å².